The molecule has 0 amide bonds. The fourth-order valence-electron chi connectivity index (χ4n) is 12.3. The molecule has 0 aromatic rings. The molecule has 0 fully saturated rings. The first kappa shape index (κ1) is 81.4. The maximum absolute atomic E-state index is 12.9. The molecule has 1 atom stereocenters. The van der Waals surface area contributed by atoms with Gasteiger partial charge < -0.3 is 14.2 Å². The van der Waals surface area contributed by atoms with Crippen LogP contribution in [-0.4, -0.2) is 37.2 Å². The molecule has 0 aliphatic heterocycles. The first-order chi connectivity index (χ1) is 41.0. The van der Waals surface area contributed by atoms with Crippen molar-refractivity contribution in [3.05, 3.63) is 0 Å². The number of carbonyl (C=O) groups excluding carboxylic acids is 3. The molecule has 0 aromatic heterocycles. The second-order valence-electron chi connectivity index (χ2n) is 26.6. The lowest BCUT2D eigenvalue weighted by molar-refractivity contribution is -0.167. The van der Waals surface area contributed by atoms with Crippen LogP contribution in [0.2, 0.25) is 0 Å². The molecule has 0 bridgehead atoms. The van der Waals surface area contributed by atoms with Crippen LogP contribution in [-0.2, 0) is 28.6 Å². The van der Waals surface area contributed by atoms with Gasteiger partial charge in [0.15, 0.2) is 6.10 Å². The molecule has 0 aromatic carbocycles. The van der Waals surface area contributed by atoms with E-state index in [1.54, 1.807) is 0 Å². The van der Waals surface area contributed by atoms with E-state index in [9.17, 15) is 14.4 Å². The Kier molecular flexibility index (Phi) is 71.5. The van der Waals surface area contributed by atoms with Crippen molar-refractivity contribution in [3.8, 4) is 0 Å². The topological polar surface area (TPSA) is 78.9 Å². The zero-order chi connectivity index (χ0) is 59.9. The summed E-state index contributed by atoms with van der Waals surface area (Å²) in [6, 6.07) is 0. The quantitative estimate of drug-likeness (QED) is 0.0343. The van der Waals surface area contributed by atoms with Crippen molar-refractivity contribution in [1.29, 1.82) is 0 Å². The van der Waals surface area contributed by atoms with Crippen LogP contribution < -0.4 is 0 Å². The second-order valence-corrected chi connectivity index (χ2v) is 26.6. The summed E-state index contributed by atoms with van der Waals surface area (Å²) >= 11 is 0. The van der Waals surface area contributed by atoms with E-state index in [1.165, 1.54) is 360 Å². The highest BCUT2D eigenvalue weighted by Gasteiger charge is 2.20. The summed E-state index contributed by atoms with van der Waals surface area (Å²) in [5.74, 6) is -0.827. The van der Waals surface area contributed by atoms with E-state index in [-0.39, 0.29) is 31.1 Å². The van der Waals surface area contributed by atoms with Gasteiger partial charge in [0.2, 0.25) is 0 Å². The molecule has 0 saturated heterocycles. The molecule has 0 heterocycles. The van der Waals surface area contributed by atoms with E-state index in [0.717, 1.165) is 57.8 Å². The van der Waals surface area contributed by atoms with Gasteiger partial charge in [-0.25, -0.2) is 0 Å². The Balaban J connectivity index is 3.93. The van der Waals surface area contributed by atoms with Crippen LogP contribution in [0.3, 0.4) is 0 Å². The van der Waals surface area contributed by atoms with Crippen LogP contribution in [0.4, 0.5) is 0 Å². The summed E-state index contributed by atoms with van der Waals surface area (Å²) in [7, 11) is 0. The van der Waals surface area contributed by atoms with Gasteiger partial charge in [0.25, 0.3) is 0 Å². The van der Waals surface area contributed by atoms with E-state index in [0.29, 0.717) is 19.3 Å². The third kappa shape index (κ3) is 71.1. The van der Waals surface area contributed by atoms with Crippen molar-refractivity contribution in [2.24, 2.45) is 0 Å². The van der Waals surface area contributed by atoms with Crippen molar-refractivity contribution in [2.75, 3.05) is 13.2 Å². The molecule has 0 radical (unpaired) electrons. The highest BCUT2D eigenvalue weighted by atomic mass is 16.6. The van der Waals surface area contributed by atoms with Gasteiger partial charge >= 0.3 is 17.9 Å². The lowest BCUT2D eigenvalue weighted by Crippen LogP contribution is -2.30. The van der Waals surface area contributed by atoms with E-state index < -0.39 is 6.10 Å². The number of hydrogen-bond donors (Lipinski definition) is 0. The van der Waals surface area contributed by atoms with Crippen molar-refractivity contribution in [3.63, 3.8) is 0 Å². The minimum Gasteiger partial charge on any atom is -0.462 e. The van der Waals surface area contributed by atoms with Crippen LogP contribution in [0.15, 0.2) is 0 Å². The monoisotopic (exact) mass is 1170 g/mol. The second kappa shape index (κ2) is 72.9. The van der Waals surface area contributed by atoms with E-state index >= 15 is 0 Å². The van der Waals surface area contributed by atoms with E-state index in [1.807, 2.05) is 0 Å². The number of unbranched alkanes of at least 4 members (excludes halogenated alkanes) is 62. The highest BCUT2D eigenvalue weighted by molar-refractivity contribution is 5.71. The van der Waals surface area contributed by atoms with Gasteiger partial charge in [0.05, 0.1) is 0 Å². The Morgan fingerprint density at radius 2 is 0.325 bits per heavy atom. The first-order valence-electron chi connectivity index (χ1n) is 38.5. The fourth-order valence-corrected chi connectivity index (χ4v) is 12.3. The van der Waals surface area contributed by atoms with Gasteiger partial charge in [0, 0.05) is 19.3 Å². The Hall–Kier alpha value is -1.59. The van der Waals surface area contributed by atoms with E-state index in [4.69, 9.17) is 14.2 Å². The molecule has 0 aliphatic rings. The molecule has 83 heavy (non-hydrogen) atoms. The standard InChI is InChI=1S/C77H150O6/c1-4-7-10-13-16-19-21-23-25-27-29-31-33-34-35-36-37-38-39-40-41-42-43-44-45-47-48-50-52-54-56-58-61-64-67-70-76(79)82-73-74(72-81-75(78)69-66-63-60-18-15-12-9-6-3)83-77(80)71-68-65-62-59-57-55-53-51-49-46-32-30-28-26-24-22-20-17-14-11-8-5-2/h74H,4-73H2,1-3H3. The maximum Gasteiger partial charge on any atom is 0.306 e. The van der Waals surface area contributed by atoms with Gasteiger partial charge in [0.1, 0.15) is 13.2 Å². The minimum atomic E-state index is -0.762. The van der Waals surface area contributed by atoms with Gasteiger partial charge in [-0.15, -0.1) is 0 Å². The molecule has 6 nitrogen and oxygen atoms in total. The summed E-state index contributed by atoms with van der Waals surface area (Å²) in [5.41, 5.74) is 0. The van der Waals surface area contributed by atoms with Crippen molar-refractivity contribution >= 4 is 17.9 Å². The number of carbonyl (C=O) groups is 3. The Morgan fingerprint density at radius 1 is 0.193 bits per heavy atom. The SMILES string of the molecule is CCCCCCCCCCCCCCCCCCCCCCCCCCCCCCCCCCCCCC(=O)OCC(COC(=O)CCCCCCCCCC)OC(=O)CCCCCCCCCCCCCCCCCCCCCCCC. The Morgan fingerprint density at radius 3 is 0.482 bits per heavy atom. The molecular weight excluding hydrogens is 1020 g/mol. The molecule has 494 valence electrons. The zero-order valence-electron chi connectivity index (χ0n) is 57.0. The summed E-state index contributed by atoms with van der Waals surface area (Å²) in [4.78, 5) is 38.3. The predicted molar refractivity (Wildman–Crippen MR) is 363 cm³/mol. The molecular formula is C77H150O6. The summed E-state index contributed by atoms with van der Waals surface area (Å²) in [6.07, 6.45) is 87.7. The smallest absolute Gasteiger partial charge is 0.306 e. The third-order valence-corrected chi connectivity index (χ3v) is 18.1. The summed E-state index contributed by atoms with van der Waals surface area (Å²) in [6.45, 7) is 6.71. The largest absolute Gasteiger partial charge is 0.462 e. The van der Waals surface area contributed by atoms with Crippen molar-refractivity contribution < 1.29 is 28.6 Å². The lowest BCUT2D eigenvalue weighted by atomic mass is 10.0. The van der Waals surface area contributed by atoms with Gasteiger partial charge in [-0.3, -0.25) is 14.4 Å². The van der Waals surface area contributed by atoms with Crippen LogP contribution in [0, 0.1) is 0 Å². The van der Waals surface area contributed by atoms with Gasteiger partial charge in [-0.1, -0.05) is 419 Å². The highest BCUT2D eigenvalue weighted by Crippen LogP contribution is 2.20. The van der Waals surface area contributed by atoms with Crippen LogP contribution in [0.25, 0.3) is 0 Å². The minimum absolute atomic E-state index is 0.0609. The molecule has 0 spiro atoms. The molecule has 0 saturated carbocycles. The normalized spacial score (nSPS) is 11.9. The number of rotatable bonds is 73. The third-order valence-electron chi connectivity index (χ3n) is 18.1. The maximum atomic E-state index is 12.9. The lowest BCUT2D eigenvalue weighted by Gasteiger charge is -2.18. The Labute approximate surface area is 520 Å². The van der Waals surface area contributed by atoms with Gasteiger partial charge in [-0.05, 0) is 19.3 Å². The number of esters is 3. The predicted octanol–water partition coefficient (Wildman–Crippen LogP) is 26.6. The number of ether oxygens (including phenoxy) is 3. The molecule has 1 unspecified atom stereocenters. The van der Waals surface area contributed by atoms with Gasteiger partial charge in [-0.2, -0.15) is 0 Å². The van der Waals surface area contributed by atoms with Crippen LogP contribution in [0.1, 0.15) is 457 Å². The first-order valence-corrected chi connectivity index (χ1v) is 38.5. The molecule has 0 aliphatic carbocycles. The molecule has 0 N–H and O–H groups in total. The van der Waals surface area contributed by atoms with Crippen molar-refractivity contribution in [1.82, 2.24) is 0 Å². The zero-order valence-corrected chi connectivity index (χ0v) is 57.0. The summed E-state index contributed by atoms with van der Waals surface area (Å²) < 4.78 is 16.9. The van der Waals surface area contributed by atoms with E-state index in [2.05, 4.69) is 20.8 Å². The molecule has 6 heteroatoms. The summed E-state index contributed by atoms with van der Waals surface area (Å²) in [5, 5.41) is 0. The fraction of sp³-hybridized carbons (Fsp3) is 0.961. The molecule has 0 rings (SSSR count). The average Bonchev–Trinajstić information content (AvgIpc) is 3.49. The van der Waals surface area contributed by atoms with Crippen molar-refractivity contribution in [2.45, 2.75) is 463 Å². The average molecular weight is 1170 g/mol. The van der Waals surface area contributed by atoms with Crippen LogP contribution in [0.5, 0.6) is 0 Å². The Bertz CT molecular complexity index is 1250. The van der Waals surface area contributed by atoms with Crippen LogP contribution >= 0.6 is 0 Å². The number of hydrogen-bond acceptors (Lipinski definition) is 6.